The van der Waals surface area contributed by atoms with E-state index in [-0.39, 0.29) is 11.8 Å². The number of carbonyl (C=O) groups is 1. The molecule has 1 saturated heterocycles. The molecule has 23 heavy (non-hydrogen) atoms. The first-order valence-corrected chi connectivity index (χ1v) is 9.67. The van der Waals surface area contributed by atoms with E-state index >= 15 is 0 Å². The van der Waals surface area contributed by atoms with Crippen molar-refractivity contribution in [2.24, 2.45) is 5.92 Å². The number of carbonyl (C=O) groups excluding carboxylic acids is 1. The summed E-state index contributed by atoms with van der Waals surface area (Å²) in [7, 11) is 0. The number of nitrogens with one attached hydrogen (secondary N) is 1. The van der Waals surface area contributed by atoms with Crippen LogP contribution in [0.3, 0.4) is 0 Å². The van der Waals surface area contributed by atoms with Gasteiger partial charge in [-0.25, -0.2) is 4.98 Å². The average Bonchev–Trinajstić information content (AvgIpc) is 3.26. The molecule has 0 spiro atoms. The number of aliphatic hydroxyl groups excluding tert-OH is 1. The van der Waals surface area contributed by atoms with Gasteiger partial charge in [-0.1, -0.05) is 6.92 Å². The highest BCUT2D eigenvalue weighted by Crippen LogP contribution is 2.24. The fourth-order valence-electron chi connectivity index (χ4n) is 3.13. The van der Waals surface area contributed by atoms with E-state index in [0.717, 1.165) is 63.9 Å². The average molecular weight is 337 g/mol. The summed E-state index contributed by atoms with van der Waals surface area (Å²) in [5.74, 6) is -0.0780. The largest absolute Gasteiger partial charge is 0.383 e. The summed E-state index contributed by atoms with van der Waals surface area (Å²) in [5, 5.41) is 16.5. The molecule has 2 aliphatic rings. The van der Waals surface area contributed by atoms with Crippen molar-refractivity contribution in [1.29, 1.82) is 0 Å². The molecular formula is C17H27N3O2S. The van der Waals surface area contributed by atoms with Gasteiger partial charge in [0.05, 0.1) is 10.7 Å². The molecule has 2 fully saturated rings. The highest BCUT2D eigenvalue weighted by atomic mass is 32.1. The Morgan fingerprint density at radius 1 is 1.43 bits per heavy atom. The SMILES string of the molecule is CCCc1nc(CN2CCC(C(O)C(=O)NC3CC3)CC2)cs1. The molecule has 1 aromatic rings. The molecule has 1 unspecified atom stereocenters. The maximum atomic E-state index is 11.9. The highest BCUT2D eigenvalue weighted by molar-refractivity contribution is 7.09. The van der Waals surface area contributed by atoms with Gasteiger partial charge < -0.3 is 10.4 Å². The maximum Gasteiger partial charge on any atom is 0.249 e. The monoisotopic (exact) mass is 337 g/mol. The second-order valence-corrected chi connectivity index (χ2v) is 7.77. The van der Waals surface area contributed by atoms with Crippen LogP contribution in [0.25, 0.3) is 0 Å². The van der Waals surface area contributed by atoms with E-state index in [1.807, 2.05) is 0 Å². The van der Waals surface area contributed by atoms with Crippen molar-refractivity contribution < 1.29 is 9.90 Å². The fraction of sp³-hybridized carbons (Fsp3) is 0.765. The molecular weight excluding hydrogens is 310 g/mol. The van der Waals surface area contributed by atoms with Crippen LogP contribution in [-0.2, 0) is 17.8 Å². The van der Waals surface area contributed by atoms with E-state index in [0.29, 0.717) is 6.04 Å². The minimum Gasteiger partial charge on any atom is -0.383 e. The van der Waals surface area contributed by atoms with E-state index in [2.05, 4.69) is 27.5 Å². The third-order valence-corrected chi connectivity index (χ3v) is 5.68. The Bertz CT molecular complexity index is 522. The summed E-state index contributed by atoms with van der Waals surface area (Å²) in [4.78, 5) is 19.0. The Morgan fingerprint density at radius 3 is 2.83 bits per heavy atom. The summed E-state index contributed by atoms with van der Waals surface area (Å²) >= 11 is 1.75. The number of nitrogens with zero attached hydrogens (tertiary/aromatic N) is 2. The molecule has 1 aromatic heterocycles. The summed E-state index contributed by atoms with van der Waals surface area (Å²) in [6.45, 7) is 4.92. The zero-order chi connectivity index (χ0) is 16.2. The molecule has 0 radical (unpaired) electrons. The number of hydrogen-bond acceptors (Lipinski definition) is 5. The van der Waals surface area contributed by atoms with Crippen LogP contribution in [0, 0.1) is 5.92 Å². The number of likely N-dealkylation sites (tertiary alicyclic amines) is 1. The number of thiazole rings is 1. The molecule has 1 aliphatic heterocycles. The Balaban J connectivity index is 1.42. The molecule has 2 heterocycles. The van der Waals surface area contributed by atoms with E-state index in [4.69, 9.17) is 0 Å². The Labute approximate surface area is 142 Å². The van der Waals surface area contributed by atoms with Crippen LogP contribution in [0.5, 0.6) is 0 Å². The Morgan fingerprint density at radius 2 is 2.17 bits per heavy atom. The van der Waals surface area contributed by atoms with Gasteiger partial charge in [-0.3, -0.25) is 9.69 Å². The van der Waals surface area contributed by atoms with Gasteiger partial charge in [-0.15, -0.1) is 11.3 Å². The molecule has 6 heteroatoms. The van der Waals surface area contributed by atoms with Crippen molar-refractivity contribution in [1.82, 2.24) is 15.2 Å². The summed E-state index contributed by atoms with van der Waals surface area (Å²) < 4.78 is 0. The molecule has 2 N–H and O–H groups in total. The third-order valence-electron chi connectivity index (χ3n) is 4.72. The van der Waals surface area contributed by atoms with Crippen molar-refractivity contribution in [3.63, 3.8) is 0 Å². The van der Waals surface area contributed by atoms with Gasteiger partial charge in [0.25, 0.3) is 0 Å². The van der Waals surface area contributed by atoms with Crippen LogP contribution in [0.1, 0.15) is 49.7 Å². The molecule has 3 rings (SSSR count). The Kier molecular flexibility index (Phi) is 5.67. The van der Waals surface area contributed by atoms with E-state index < -0.39 is 6.10 Å². The van der Waals surface area contributed by atoms with Crippen LogP contribution < -0.4 is 5.32 Å². The highest BCUT2D eigenvalue weighted by Gasteiger charge is 2.33. The number of aromatic nitrogens is 1. The lowest BCUT2D eigenvalue weighted by Gasteiger charge is -2.33. The van der Waals surface area contributed by atoms with Crippen LogP contribution in [-0.4, -0.2) is 46.1 Å². The lowest BCUT2D eigenvalue weighted by atomic mass is 9.90. The van der Waals surface area contributed by atoms with E-state index in [1.165, 1.54) is 5.01 Å². The minimum absolute atomic E-state index is 0.0936. The van der Waals surface area contributed by atoms with E-state index in [1.54, 1.807) is 11.3 Å². The summed E-state index contributed by atoms with van der Waals surface area (Å²) in [5.41, 5.74) is 1.16. The van der Waals surface area contributed by atoms with E-state index in [9.17, 15) is 9.90 Å². The van der Waals surface area contributed by atoms with Crippen molar-refractivity contribution in [3.05, 3.63) is 16.1 Å². The van der Waals surface area contributed by atoms with Gasteiger partial charge in [0, 0.05) is 18.0 Å². The summed E-state index contributed by atoms with van der Waals surface area (Å²) in [6.07, 6.45) is 5.24. The minimum atomic E-state index is -0.840. The lowest BCUT2D eigenvalue weighted by molar-refractivity contribution is -0.133. The van der Waals surface area contributed by atoms with Crippen molar-refractivity contribution in [2.75, 3.05) is 13.1 Å². The van der Waals surface area contributed by atoms with Gasteiger partial charge in [0.2, 0.25) is 5.91 Å². The smallest absolute Gasteiger partial charge is 0.249 e. The van der Waals surface area contributed by atoms with Gasteiger partial charge in [0.1, 0.15) is 6.10 Å². The predicted octanol–water partition coefficient (Wildman–Crippen LogP) is 1.95. The van der Waals surface area contributed by atoms with Gasteiger partial charge in [-0.05, 0) is 57.5 Å². The predicted molar refractivity (Wildman–Crippen MR) is 91.3 cm³/mol. The summed E-state index contributed by atoms with van der Waals surface area (Å²) in [6, 6.07) is 0.319. The van der Waals surface area contributed by atoms with Crippen LogP contribution in [0.2, 0.25) is 0 Å². The first kappa shape index (κ1) is 16.9. The first-order chi connectivity index (χ1) is 11.2. The van der Waals surface area contributed by atoms with Crippen LogP contribution in [0.4, 0.5) is 0 Å². The second kappa shape index (κ2) is 7.73. The number of aryl methyl sites for hydroxylation is 1. The standard InChI is InChI=1S/C17H27N3O2S/c1-2-3-15-18-14(11-23-15)10-20-8-6-12(7-9-20)16(21)17(22)19-13-4-5-13/h11-13,16,21H,2-10H2,1H3,(H,19,22). The molecule has 1 saturated carbocycles. The molecule has 1 amide bonds. The quantitative estimate of drug-likeness (QED) is 0.798. The fourth-order valence-corrected chi connectivity index (χ4v) is 4.03. The Hall–Kier alpha value is -0.980. The zero-order valence-electron chi connectivity index (χ0n) is 13.8. The molecule has 0 aromatic carbocycles. The molecule has 0 bridgehead atoms. The number of rotatable bonds is 7. The third kappa shape index (κ3) is 4.75. The number of piperidine rings is 1. The van der Waals surface area contributed by atoms with Crippen molar-refractivity contribution in [3.8, 4) is 0 Å². The molecule has 1 aliphatic carbocycles. The number of hydrogen-bond donors (Lipinski definition) is 2. The number of aliphatic hydroxyl groups is 1. The van der Waals surface area contributed by atoms with Crippen LogP contribution in [0.15, 0.2) is 5.38 Å². The van der Waals surface area contributed by atoms with Gasteiger partial charge >= 0.3 is 0 Å². The normalized spacial score (nSPS) is 21.3. The molecule has 128 valence electrons. The second-order valence-electron chi connectivity index (χ2n) is 6.82. The van der Waals surface area contributed by atoms with Gasteiger partial charge in [0.15, 0.2) is 0 Å². The topological polar surface area (TPSA) is 65.5 Å². The van der Waals surface area contributed by atoms with Crippen molar-refractivity contribution in [2.45, 2.75) is 64.1 Å². The molecule has 1 atom stereocenters. The lowest BCUT2D eigenvalue weighted by Crippen LogP contribution is -2.44. The van der Waals surface area contributed by atoms with Gasteiger partial charge in [-0.2, -0.15) is 0 Å². The molecule has 5 nitrogen and oxygen atoms in total. The maximum absolute atomic E-state index is 11.9. The van der Waals surface area contributed by atoms with Crippen LogP contribution >= 0.6 is 11.3 Å². The zero-order valence-corrected chi connectivity index (χ0v) is 14.6. The number of amides is 1. The van der Waals surface area contributed by atoms with Crippen molar-refractivity contribution >= 4 is 17.2 Å². The first-order valence-electron chi connectivity index (χ1n) is 8.79.